The van der Waals surface area contributed by atoms with Gasteiger partial charge in [-0.05, 0) is 41.0 Å². The fraction of sp³-hybridized carbons (Fsp3) is 1.00. The normalized spacial score (nSPS) is 13.7. The highest BCUT2D eigenvalue weighted by Crippen LogP contribution is 2.18. The predicted octanol–water partition coefficient (Wildman–Crippen LogP) is 2.82. The Bertz CT molecular complexity index is 186. The molecule has 0 N–H and O–H groups in total. The van der Waals surface area contributed by atoms with Crippen LogP contribution in [0.5, 0.6) is 0 Å². The Morgan fingerprint density at radius 1 is 0.789 bits per heavy atom. The van der Waals surface area contributed by atoms with Gasteiger partial charge < -0.3 is 22.8 Å². The topological polar surface area (TPSA) is 46.2 Å². The Hall–Kier alpha value is 0.0169. The minimum Gasteiger partial charge on any atom is -0.374 e. The van der Waals surface area contributed by atoms with Crippen LogP contribution in [0.25, 0.3) is 0 Å². The van der Waals surface area contributed by atoms with Crippen molar-refractivity contribution < 1.29 is 22.8 Å². The molecule has 0 heterocycles. The first-order valence-corrected chi connectivity index (χ1v) is 9.22. The first kappa shape index (κ1) is 19.0. The highest BCUT2D eigenvalue weighted by Gasteiger charge is 2.39. The molecule has 0 aromatic rings. The Labute approximate surface area is 118 Å². The number of hydrogen-bond donors (Lipinski definition) is 0. The van der Waals surface area contributed by atoms with Gasteiger partial charge >= 0.3 is 8.80 Å². The summed E-state index contributed by atoms with van der Waals surface area (Å²) in [6.07, 6.45) is 0.691. The fourth-order valence-electron chi connectivity index (χ4n) is 1.82. The highest BCUT2D eigenvalue weighted by atomic mass is 28.4. The van der Waals surface area contributed by atoms with Gasteiger partial charge in [0.1, 0.15) is 0 Å². The van der Waals surface area contributed by atoms with E-state index in [2.05, 4.69) is 0 Å². The lowest BCUT2D eigenvalue weighted by Gasteiger charge is -2.28. The molecule has 0 rings (SSSR count). The van der Waals surface area contributed by atoms with E-state index in [1.165, 1.54) is 0 Å². The zero-order chi connectivity index (χ0) is 14.6. The van der Waals surface area contributed by atoms with Gasteiger partial charge in [-0.1, -0.05) is 0 Å². The van der Waals surface area contributed by atoms with Crippen molar-refractivity contribution in [3.63, 3.8) is 0 Å². The van der Waals surface area contributed by atoms with Crippen LogP contribution in [0.15, 0.2) is 0 Å². The van der Waals surface area contributed by atoms with E-state index >= 15 is 0 Å². The molecule has 1 unspecified atom stereocenters. The lowest BCUT2D eigenvalue weighted by Crippen LogP contribution is -2.46. The molecule has 19 heavy (non-hydrogen) atoms. The summed E-state index contributed by atoms with van der Waals surface area (Å²) >= 11 is 0. The summed E-state index contributed by atoms with van der Waals surface area (Å²) in [6, 6.07) is 0.779. The molecule has 0 fully saturated rings. The van der Waals surface area contributed by atoms with Gasteiger partial charge in [-0.25, -0.2) is 0 Å². The largest absolute Gasteiger partial charge is 0.501 e. The fourth-order valence-corrected chi connectivity index (χ4v) is 4.40. The summed E-state index contributed by atoms with van der Waals surface area (Å²) in [5.74, 6) is 0. The number of hydrogen-bond acceptors (Lipinski definition) is 5. The second-order valence-corrected chi connectivity index (χ2v) is 6.71. The van der Waals surface area contributed by atoms with Crippen LogP contribution in [-0.2, 0) is 22.8 Å². The van der Waals surface area contributed by atoms with Gasteiger partial charge in [-0.15, -0.1) is 0 Å². The van der Waals surface area contributed by atoms with Gasteiger partial charge in [0.15, 0.2) is 6.29 Å². The quantitative estimate of drug-likeness (QED) is 0.297. The van der Waals surface area contributed by atoms with Crippen LogP contribution >= 0.6 is 0 Å². The third-order valence-electron chi connectivity index (χ3n) is 2.47. The van der Waals surface area contributed by atoms with Crippen molar-refractivity contribution in [3.05, 3.63) is 0 Å². The average molecular weight is 294 g/mol. The zero-order valence-electron chi connectivity index (χ0n) is 13.1. The molecule has 0 saturated heterocycles. The molecular weight excluding hydrogens is 264 g/mol. The van der Waals surface area contributed by atoms with Gasteiger partial charge in [-0.2, -0.15) is 0 Å². The van der Waals surface area contributed by atoms with Crippen LogP contribution in [0.4, 0.5) is 0 Å². The van der Waals surface area contributed by atoms with Crippen molar-refractivity contribution >= 4 is 8.80 Å². The maximum atomic E-state index is 5.77. The molecule has 116 valence electrons. The number of ether oxygens (including phenoxy) is 2. The van der Waals surface area contributed by atoms with E-state index in [9.17, 15) is 0 Å². The van der Waals surface area contributed by atoms with Crippen LogP contribution in [0.2, 0.25) is 6.04 Å². The standard InChI is InChI=1S/C13H30O5Si/c1-6-14-13(5)15-11-10-12-19(16-7-2,17-8-3)18-9-4/h13H,6-12H2,1-5H3. The predicted molar refractivity (Wildman–Crippen MR) is 77.1 cm³/mol. The van der Waals surface area contributed by atoms with Gasteiger partial charge in [-0.3, -0.25) is 0 Å². The summed E-state index contributed by atoms with van der Waals surface area (Å²) in [6.45, 7) is 12.9. The molecule has 0 aliphatic carbocycles. The van der Waals surface area contributed by atoms with Crippen LogP contribution in [0, 0.1) is 0 Å². The molecule has 0 aromatic heterocycles. The van der Waals surface area contributed by atoms with E-state index in [0.29, 0.717) is 33.0 Å². The monoisotopic (exact) mass is 294 g/mol. The van der Waals surface area contributed by atoms with Crippen molar-refractivity contribution in [1.29, 1.82) is 0 Å². The zero-order valence-corrected chi connectivity index (χ0v) is 14.1. The van der Waals surface area contributed by atoms with Crippen LogP contribution in [0.3, 0.4) is 0 Å². The Morgan fingerprint density at radius 2 is 1.32 bits per heavy atom. The molecule has 0 bridgehead atoms. The second kappa shape index (κ2) is 11.8. The smallest absolute Gasteiger partial charge is 0.374 e. The molecule has 5 nitrogen and oxygen atoms in total. The van der Waals surface area contributed by atoms with Gasteiger partial charge in [0, 0.05) is 39.1 Å². The van der Waals surface area contributed by atoms with Gasteiger partial charge in [0.05, 0.1) is 0 Å². The van der Waals surface area contributed by atoms with E-state index < -0.39 is 8.80 Å². The maximum absolute atomic E-state index is 5.77. The average Bonchev–Trinajstić information content (AvgIpc) is 2.36. The minimum absolute atomic E-state index is 0.160. The van der Waals surface area contributed by atoms with Crippen molar-refractivity contribution in [2.45, 2.75) is 53.4 Å². The van der Waals surface area contributed by atoms with Crippen LogP contribution in [0.1, 0.15) is 41.0 Å². The molecule has 1 atom stereocenters. The molecule has 0 aromatic carbocycles. The third-order valence-corrected chi connectivity index (χ3v) is 5.63. The lowest BCUT2D eigenvalue weighted by atomic mass is 10.5. The molecule has 6 heteroatoms. The molecule has 0 amide bonds. The third kappa shape index (κ3) is 8.72. The minimum atomic E-state index is -2.51. The first-order chi connectivity index (χ1) is 9.14. The molecule has 0 radical (unpaired) electrons. The SMILES string of the molecule is CCOC(C)OCCC[Si](OCC)(OCC)OCC. The lowest BCUT2D eigenvalue weighted by molar-refractivity contribution is -0.127. The van der Waals surface area contributed by atoms with Crippen LogP contribution in [-0.4, -0.2) is 48.1 Å². The summed E-state index contributed by atoms with van der Waals surface area (Å²) in [4.78, 5) is 0. The Balaban J connectivity index is 4.09. The van der Waals surface area contributed by atoms with E-state index in [4.69, 9.17) is 22.8 Å². The van der Waals surface area contributed by atoms with Crippen molar-refractivity contribution in [2.75, 3.05) is 33.0 Å². The Kier molecular flexibility index (Phi) is 11.8. The van der Waals surface area contributed by atoms with Crippen molar-refractivity contribution in [3.8, 4) is 0 Å². The van der Waals surface area contributed by atoms with E-state index in [1.807, 2.05) is 34.6 Å². The highest BCUT2D eigenvalue weighted by molar-refractivity contribution is 6.60. The van der Waals surface area contributed by atoms with Crippen molar-refractivity contribution in [2.24, 2.45) is 0 Å². The van der Waals surface area contributed by atoms with Gasteiger partial charge in [0.2, 0.25) is 0 Å². The number of rotatable bonds is 13. The summed E-state index contributed by atoms with van der Waals surface area (Å²) < 4.78 is 28.2. The second-order valence-electron chi connectivity index (χ2n) is 3.98. The maximum Gasteiger partial charge on any atom is 0.501 e. The molecule has 0 spiro atoms. The van der Waals surface area contributed by atoms with E-state index in [0.717, 1.165) is 12.5 Å². The molecule has 0 aliphatic heterocycles. The van der Waals surface area contributed by atoms with E-state index in [-0.39, 0.29) is 6.29 Å². The molecular formula is C13H30O5Si. The Morgan fingerprint density at radius 3 is 1.74 bits per heavy atom. The van der Waals surface area contributed by atoms with Gasteiger partial charge in [0.25, 0.3) is 0 Å². The summed E-state index contributed by atoms with van der Waals surface area (Å²) in [5.41, 5.74) is 0. The molecule has 0 saturated carbocycles. The summed E-state index contributed by atoms with van der Waals surface area (Å²) in [7, 11) is -2.51. The molecule has 0 aliphatic rings. The first-order valence-electron chi connectivity index (χ1n) is 7.29. The van der Waals surface area contributed by atoms with Crippen LogP contribution < -0.4 is 0 Å². The summed E-state index contributed by atoms with van der Waals surface area (Å²) in [5, 5.41) is 0. The van der Waals surface area contributed by atoms with E-state index in [1.54, 1.807) is 0 Å². The van der Waals surface area contributed by atoms with Crippen molar-refractivity contribution in [1.82, 2.24) is 0 Å².